The third-order valence-corrected chi connectivity index (χ3v) is 8.93. The fourth-order valence-corrected chi connectivity index (χ4v) is 5.59. The van der Waals surface area contributed by atoms with Gasteiger partial charge in [-0.3, -0.25) is 9.69 Å². The summed E-state index contributed by atoms with van der Waals surface area (Å²) in [6.45, 7) is 6.45. The average Bonchev–Trinajstić information content (AvgIpc) is 3.17. The number of hydrogen-bond acceptors (Lipinski definition) is 6. The molecule has 3 aromatic rings. The van der Waals surface area contributed by atoms with Crippen LogP contribution in [0, 0.1) is 6.92 Å². The Morgan fingerprint density at radius 3 is 2.31 bits per heavy atom. The van der Waals surface area contributed by atoms with Gasteiger partial charge >= 0.3 is 0 Å². The summed E-state index contributed by atoms with van der Waals surface area (Å²) >= 11 is 7.78. The molecule has 0 N–H and O–H groups in total. The summed E-state index contributed by atoms with van der Waals surface area (Å²) in [6.07, 6.45) is 0.151. The maximum Gasteiger partial charge on any atom is 0.233 e. The van der Waals surface area contributed by atoms with Gasteiger partial charge in [0.05, 0.1) is 31.8 Å². The van der Waals surface area contributed by atoms with Crippen LogP contribution in [0.2, 0.25) is 5.02 Å². The van der Waals surface area contributed by atoms with E-state index in [1.165, 1.54) is 11.3 Å². The lowest BCUT2D eigenvalue weighted by Gasteiger charge is -2.22. The number of halogens is 1. The summed E-state index contributed by atoms with van der Waals surface area (Å²) in [4.78, 5) is 22.0. The van der Waals surface area contributed by atoms with Crippen LogP contribution < -0.4 is 4.90 Å². The van der Waals surface area contributed by atoms with Crippen molar-refractivity contribution in [3.8, 4) is 0 Å². The van der Waals surface area contributed by atoms with Gasteiger partial charge in [0.15, 0.2) is 15.0 Å². The first-order valence-electron chi connectivity index (χ1n) is 10.3. The molecule has 0 aliphatic carbocycles. The van der Waals surface area contributed by atoms with Crippen molar-refractivity contribution in [2.45, 2.75) is 37.3 Å². The fourth-order valence-electron chi connectivity index (χ4n) is 3.17. The van der Waals surface area contributed by atoms with Crippen LogP contribution in [0.4, 0.5) is 5.13 Å². The van der Waals surface area contributed by atoms with Crippen LogP contribution in [-0.2, 0) is 21.1 Å². The molecule has 0 aliphatic heterocycles. The second kappa shape index (κ2) is 9.87. The maximum atomic E-state index is 13.3. The highest BCUT2D eigenvalue weighted by Crippen LogP contribution is 2.35. The van der Waals surface area contributed by atoms with Crippen molar-refractivity contribution in [3.05, 3.63) is 52.5 Å². The molecule has 1 aromatic heterocycles. The average molecular weight is 494 g/mol. The van der Waals surface area contributed by atoms with Crippen molar-refractivity contribution in [2.24, 2.45) is 0 Å². The van der Waals surface area contributed by atoms with Crippen molar-refractivity contribution >= 4 is 54.0 Å². The standard InChI is InChI=1S/C23H28ClN3O3S2/c1-15(2)32(29,30)18-9-7-17(8-10-18)14-20(28)27(13-12-26(4)5)23-25-21-16(3)6-11-19(24)22(21)31-23/h6-11,15H,12-14H2,1-5H3. The summed E-state index contributed by atoms with van der Waals surface area (Å²) in [5.41, 5.74) is 2.57. The number of amides is 1. The monoisotopic (exact) mass is 493 g/mol. The minimum absolute atomic E-state index is 0.0980. The van der Waals surface area contributed by atoms with Crippen LogP contribution in [0.1, 0.15) is 25.0 Å². The lowest BCUT2D eigenvalue weighted by atomic mass is 10.1. The van der Waals surface area contributed by atoms with E-state index in [1.807, 2.05) is 38.1 Å². The van der Waals surface area contributed by atoms with Gasteiger partial charge in [-0.15, -0.1) is 0 Å². The molecule has 0 unspecified atom stereocenters. The zero-order valence-corrected chi connectivity index (χ0v) is 21.3. The van der Waals surface area contributed by atoms with Gasteiger partial charge in [0, 0.05) is 13.1 Å². The number of sulfone groups is 1. The number of hydrogen-bond donors (Lipinski definition) is 0. The van der Waals surface area contributed by atoms with Crippen molar-refractivity contribution in [1.29, 1.82) is 0 Å². The van der Waals surface area contributed by atoms with E-state index in [0.29, 0.717) is 23.2 Å². The van der Waals surface area contributed by atoms with E-state index < -0.39 is 15.1 Å². The first-order valence-corrected chi connectivity index (χ1v) is 13.1. The van der Waals surface area contributed by atoms with Gasteiger partial charge in [0.25, 0.3) is 0 Å². The van der Waals surface area contributed by atoms with E-state index >= 15 is 0 Å². The zero-order valence-electron chi connectivity index (χ0n) is 18.9. The SMILES string of the molecule is Cc1ccc(Cl)c2sc(N(CCN(C)C)C(=O)Cc3ccc(S(=O)(=O)C(C)C)cc3)nc12. The number of nitrogens with zero attached hydrogens (tertiary/aromatic N) is 3. The summed E-state index contributed by atoms with van der Waals surface area (Å²) < 4.78 is 25.6. The second-order valence-electron chi connectivity index (χ2n) is 8.30. The van der Waals surface area contributed by atoms with E-state index in [9.17, 15) is 13.2 Å². The highest BCUT2D eigenvalue weighted by Gasteiger charge is 2.23. The van der Waals surface area contributed by atoms with E-state index in [4.69, 9.17) is 16.6 Å². The van der Waals surface area contributed by atoms with Crippen LogP contribution in [0.15, 0.2) is 41.3 Å². The lowest BCUT2D eigenvalue weighted by Crippen LogP contribution is -2.37. The first-order chi connectivity index (χ1) is 15.0. The summed E-state index contributed by atoms with van der Waals surface area (Å²) in [5.74, 6) is -0.0980. The smallest absolute Gasteiger partial charge is 0.233 e. The number of aromatic nitrogens is 1. The molecule has 9 heteroatoms. The van der Waals surface area contributed by atoms with Gasteiger partial charge in [-0.05, 0) is 64.2 Å². The molecule has 0 saturated heterocycles. The number of thiazole rings is 1. The minimum Gasteiger partial charge on any atom is -0.308 e. The molecule has 0 saturated carbocycles. The quantitative estimate of drug-likeness (QED) is 0.459. The number of rotatable bonds is 8. The third kappa shape index (κ3) is 5.31. The van der Waals surface area contributed by atoms with Gasteiger partial charge < -0.3 is 4.90 Å². The maximum absolute atomic E-state index is 13.3. The Bertz CT molecular complexity index is 1180. The highest BCUT2D eigenvalue weighted by molar-refractivity contribution is 7.92. The first kappa shape index (κ1) is 24.6. The van der Waals surface area contributed by atoms with Crippen LogP contribution in [0.25, 0.3) is 10.2 Å². The third-order valence-electron chi connectivity index (χ3n) is 5.22. The molecular formula is C23H28ClN3O3S2. The van der Waals surface area contributed by atoms with Crippen LogP contribution in [0.3, 0.4) is 0 Å². The van der Waals surface area contributed by atoms with E-state index in [2.05, 4.69) is 0 Å². The number of carbonyl (C=O) groups excluding carboxylic acids is 1. The Morgan fingerprint density at radius 1 is 1.09 bits per heavy atom. The van der Waals surface area contributed by atoms with Crippen molar-refractivity contribution in [3.63, 3.8) is 0 Å². The Hall–Kier alpha value is -2.00. The zero-order chi connectivity index (χ0) is 23.6. The van der Waals surface area contributed by atoms with Crippen molar-refractivity contribution in [2.75, 3.05) is 32.1 Å². The Morgan fingerprint density at radius 2 is 1.75 bits per heavy atom. The highest BCUT2D eigenvalue weighted by atomic mass is 35.5. The molecule has 0 spiro atoms. The van der Waals surface area contributed by atoms with Gasteiger partial charge in [0.2, 0.25) is 5.91 Å². The fraction of sp³-hybridized carbons (Fsp3) is 0.391. The van der Waals surface area contributed by atoms with Gasteiger partial charge in [-0.2, -0.15) is 0 Å². The minimum atomic E-state index is -3.34. The molecular weight excluding hydrogens is 466 g/mol. The Kier molecular flexibility index (Phi) is 7.60. The molecule has 6 nitrogen and oxygen atoms in total. The summed E-state index contributed by atoms with van der Waals surface area (Å²) in [6, 6.07) is 10.3. The predicted molar refractivity (Wildman–Crippen MR) is 133 cm³/mol. The van der Waals surface area contributed by atoms with Crippen LogP contribution in [-0.4, -0.2) is 56.6 Å². The second-order valence-corrected chi connectivity index (χ2v) is 12.2. The van der Waals surface area contributed by atoms with E-state index in [1.54, 1.807) is 43.0 Å². The molecule has 172 valence electrons. The molecule has 0 atom stereocenters. The van der Waals surface area contributed by atoms with Crippen LogP contribution >= 0.6 is 22.9 Å². The normalized spacial score (nSPS) is 12.1. The van der Waals surface area contributed by atoms with Gasteiger partial charge in [-0.25, -0.2) is 13.4 Å². The van der Waals surface area contributed by atoms with E-state index in [0.717, 1.165) is 21.3 Å². The van der Waals surface area contributed by atoms with Gasteiger partial charge in [0.1, 0.15) is 0 Å². The molecule has 0 fully saturated rings. The molecule has 0 radical (unpaired) electrons. The van der Waals surface area contributed by atoms with Crippen molar-refractivity contribution in [1.82, 2.24) is 9.88 Å². The summed E-state index contributed by atoms with van der Waals surface area (Å²) in [7, 11) is 0.564. The molecule has 32 heavy (non-hydrogen) atoms. The van der Waals surface area contributed by atoms with Crippen LogP contribution in [0.5, 0.6) is 0 Å². The number of carbonyl (C=O) groups is 1. The number of likely N-dealkylation sites (N-methyl/N-ethyl adjacent to an activating group) is 1. The molecule has 3 rings (SSSR count). The van der Waals surface area contributed by atoms with Crippen molar-refractivity contribution < 1.29 is 13.2 Å². The molecule has 1 heterocycles. The number of aryl methyl sites for hydroxylation is 1. The molecule has 1 amide bonds. The number of anilines is 1. The number of benzene rings is 2. The Labute approximate surface area is 198 Å². The van der Waals surface area contributed by atoms with E-state index in [-0.39, 0.29) is 17.2 Å². The Balaban J connectivity index is 1.89. The molecule has 2 aromatic carbocycles. The predicted octanol–water partition coefficient (Wildman–Crippen LogP) is 4.58. The molecule has 0 aliphatic rings. The van der Waals surface area contributed by atoms with Gasteiger partial charge in [-0.1, -0.05) is 41.1 Å². The number of fused-ring (bicyclic) bond motifs is 1. The topological polar surface area (TPSA) is 70.6 Å². The summed E-state index contributed by atoms with van der Waals surface area (Å²) in [5, 5.41) is 0.740. The lowest BCUT2D eigenvalue weighted by molar-refractivity contribution is -0.118. The largest absolute Gasteiger partial charge is 0.308 e. The molecule has 0 bridgehead atoms.